The zero-order valence-corrected chi connectivity index (χ0v) is 21.4. The topological polar surface area (TPSA) is 108 Å². The van der Waals surface area contributed by atoms with Crippen LogP contribution in [0.4, 0.5) is 11.8 Å². The highest BCUT2D eigenvalue weighted by Gasteiger charge is 2.29. The summed E-state index contributed by atoms with van der Waals surface area (Å²) in [4.78, 5) is 23.0. The van der Waals surface area contributed by atoms with Gasteiger partial charge in [-0.15, -0.1) is 0 Å². The first-order valence-electron chi connectivity index (χ1n) is 13.4. The van der Waals surface area contributed by atoms with Gasteiger partial charge in [-0.25, -0.2) is 0 Å². The van der Waals surface area contributed by atoms with Crippen LogP contribution in [-0.2, 0) is 11.2 Å². The Morgan fingerprint density at radius 3 is 2.68 bits per heavy atom. The second kappa shape index (κ2) is 11.5. The first-order valence-corrected chi connectivity index (χ1v) is 13.4. The first kappa shape index (κ1) is 24.8. The molecular formula is C29H35N7O. The number of carbonyl (C=O) groups is 1. The molecule has 3 aromatic rings. The van der Waals surface area contributed by atoms with Gasteiger partial charge in [-0.2, -0.15) is 15.2 Å². The molecule has 1 saturated carbocycles. The third-order valence-electron chi connectivity index (χ3n) is 7.64. The van der Waals surface area contributed by atoms with E-state index >= 15 is 0 Å². The van der Waals surface area contributed by atoms with Crippen molar-refractivity contribution in [3.05, 3.63) is 65.5 Å². The fourth-order valence-electron chi connectivity index (χ4n) is 5.71. The number of fused-ring (bicyclic) bond motifs is 1. The summed E-state index contributed by atoms with van der Waals surface area (Å²) in [5.41, 5.74) is 2.97. The van der Waals surface area contributed by atoms with Crippen molar-refractivity contribution in [3.63, 3.8) is 0 Å². The monoisotopic (exact) mass is 497 g/mol. The summed E-state index contributed by atoms with van der Waals surface area (Å²) >= 11 is 0. The molecule has 0 saturated heterocycles. The number of hydrogen-bond acceptors (Lipinski definition) is 6. The lowest BCUT2D eigenvalue weighted by Crippen LogP contribution is -2.43. The molecule has 2 aliphatic rings. The maximum Gasteiger partial charge on any atom is 0.243 e. The molecule has 1 aromatic carbocycles. The third-order valence-corrected chi connectivity index (χ3v) is 7.64. The van der Waals surface area contributed by atoms with Crippen molar-refractivity contribution in [3.8, 4) is 11.9 Å². The Labute approximate surface area is 218 Å². The van der Waals surface area contributed by atoms with Crippen LogP contribution in [-0.4, -0.2) is 33.5 Å². The van der Waals surface area contributed by atoms with Crippen molar-refractivity contribution < 1.29 is 4.79 Å². The lowest BCUT2D eigenvalue weighted by Gasteiger charge is -2.31. The van der Waals surface area contributed by atoms with Crippen LogP contribution in [0, 0.1) is 17.2 Å². The molecule has 2 heterocycles. The number of amides is 1. The van der Waals surface area contributed by atoms with Gasteiger partial charge < -0.3 is 20.5 Å². The van der Waals surface area contributed by atoms with Gasteiger partial charge in [-0.05, 0) is 67.0 Å². The second-order valence-electron chi connectivity index (χ2n) is 10.2. The number of aromatic nitrogens is 3. The molecule has 8 nitrogen and oxygen atoms in total. The van der Waals surface area contributed by atoms with Crippen molar-refractivity contribution in [1.82, 2.24) is 19.9 Å². The van der Waals surface area contributed by atoms with Crippen molar-refractivity contribution >= 4 is 17.7 Å². The molecule has 0 bridgehead atoms. The molecule has 1 amide bonds. The van der Waals surface area contributed by atoms with E-state index in [1.165, 1.54) is 24.8 Å². The van der Waals surface area contributed by atoms with Crippen molar-refractivity contribution in [2.75, 3.05) is 17.7 Å². The van der Waals surface area contributed by atoms with Crippen LogP contribution in [0.15, 0.2) is 48.8 Å². The van der Waals surface area contributed by atoms with E-state index in [2.05, 4.69) is 32.0 Å². The van der Waals surface area contributed by atoms with E-state index in [9.17, 15) is 10.1 Å². The standard InChI is InChI=1S/C29H35N7O/c1-31-29-34-26(18-27(35-29)36-14-5-6-15-36)32-25(17-20-8-3-2-4-9-20)28(37)33-24-11-7-10-22-16-21(19-30)12-13-23(22)24/h5-6,12-16,18,20,24-25H,2-4,7-11,17H2,1H3,(H,33,37)(H2,31,32,34,35)/t24-,25-/m1/s1. The lowest BCUT2D eigenvalue weighted by atomic mass is 9.84. The normalized spacial score (nSPS) is 18.3. The maximum absolute atomic E-state index is 13.8. The van der Waals surface area contributed by atoms with E-state index in [0.717, 1.165) is 49.9 Å². The average molecular weight is 498 g/mol. The van der Waals surface area contributed by atoms with Gasteiger partial charge in [0.2, 0.25) is 11.9 Å². The van der Waals surface area contributed by atoms with Crippen molar-refractivity contribution in [2.45, 2.75) is 69.9 Å². The lowest BCUT2D eigenvalue weighted by molar-refractivity contribution is -0.123. The number of nitrogens with one attached hydrogen (secondary N) is 3. The van der Waals surface area contributed by atoms with Crippen LogP contribution in [0.5, 0.6) is 0 Å². The van der Waals surface area contributed by atoms with Gasteiger partial charge >= 0.3 is 0 Å². The number of aryl methyl sites for hydroxylation is 1. The largest absolute Gasteiger partial charge is 0.358 e. The predicted molar refractivity (Wildman–Crippen MR) is 144 cm³/mol. The Bertz CT molecular complexity index is 1260. The van der Waals surface area contributed by atoms with Gasteiger partial charge in [0.25, 0.3) is 0 Å². The van der Waals surface area contributed by atoms with Gasteiger partial charge in [0.15, 0.2) is 0 Å². The zero-order valence-electron chi connectivity index (χ0n) is 21.4. The van der Waals surface area contributed by atoms with Crippen LogP contribution >= 0.6 is 0 Å². The van der Waals surface area contributed by atoms with Gasteiger partial charge in [0, 0.05) is 25.5 Å². The highest BCUT2D eigenvalue weighted by Crippen LogP contribution is 2.32. The highest BCUT2D eigenvalue weighted by molar-refractivity contribution is 5.85. The number of anilines is 2. The molecule has 0 radical (unpaired) electrons. The quantitative estimate of drug-likeness (QED) is 0.398. The maximum atomic E-state index is 13.8. The van der Waals surface area contributed by atoms with E-state index in [4.69, 9.17) is 0 Å². The van der Waals surface area contributed by atoms with Gasteiger partial charge in [0.05, 0.1) is 17.7 Å². The number of nitrogens with zero attached hydrogens (tertiary/aromatic N) is 4. The Morgan fingerprint density at radius 1 is 1.11 bits per heavy atom. The number of nitriles is 1. The van der Waals surface area contributed by atoms with Crippen LogP contribution in [0.1, 0.15) is 74.1 Å². The highest BCUT2D eigenvalue weighted by atomic mass is 16.2. The minimum atomic E-state index is -0.399. The smallest absolute Gasteiger partial charge is 0.243 e. The van der Waals surface area contributed by atoms with E-state index in [-0.39, 0.29) is 11.9 Å². The van der Waals surface area contributed by atoms with Crippen LogP contribution in [0.2, 0.25) is 0 Å². The van der Waals surface area contributed by atoms with E-state index in [1.807, 2.05) is 53.4 Å². The molecule has 2 aliphatic carbocycles. The minimum Gasteiger partial charge on any atom is -0.358 e. The Morgan fingerprint density at radius 2 is 1.92 bits per heavy atom. The number of carbonyl (C=O) groups excluding carboxylic acids is 1. The van der Waals surface area contributed by atoms with Gasteiger partial charge in [0.1, 0.15) is 17.7 Å². The predicted octanol–water partition coefficient (Wildman–Crippen LogP) is 5.13. The Balaban J connectivity index is 1.39. The summed E-state index contributed by atoms with van der Waals surface area (Å²) in [7, 11) is 1.79. The van der Waals surface area contributed by atoms with Crippen molar-refractivity contribution in [2.24, 2.45) is 5.92 Å². The molecule has 8 heteroatoms. The summed E-state index contributed by atoms with van der Waals surface area (Å²) in [5.74, 6) is 2.38. The Hall–Kier alpha value is -3.86. The molecule has 37 heavy (non-hydrogen) atoms. The molecule has 1 fully saturated rings. The number of hydrogen-bond donors (Lipinski definition) is 3. The van der Waals surface area contributed by atoms with E-state index in [1.54, 1.807) is 7.05 Å². The molecule has 2 atom stereocenters. The Kier molecular flexibility index (Phi) is 7.69. The summed E-state index contributed by atoms with van der Waals surface area (Å²) < 4.78 is 1.93. The molecule has 5 rings (SSSR count). The summed E-state index contributed by atoms with van der Waals surface area (Å²) in [6.07, 6.45) is 13.5. The molecule has 2 aromatic heterocycles. The fourth-order valence-corrected chi connectivity index (χ4v) is 5.71. The summed E-state index contributed by atoms with van der Waals surface area (Å²) in [5, 5.41) is 19.2. The molecule has 0 unspecified atom stereocenters. The van der Waals surface area contributed by atoms with Crippen LogP contribution in [0.3, 0.4) is 0 Å². The third kappa shape index (κ3) is 5.93. The van der Waals surface area contributed by atoms with Crippen LogP contribution < -0.4 is 16.0 Å². The minimum absolute atomic E-state index is 0.0000766. The molecule has 0 spiro atoms. The summed E-state index contributed by atoms with van der Waals surface area (Å²) in [6, 6.07) is 13.4. The number of rotatable bonds is 8. The van der Waals surface area contributed by atoms with Gasteiger partial charge in [-0.3, -0.25) is 4.79 Å². The van der Waals surface area contributed by atoms with Gasteiger partial charge in [-0.1, -0.05) is 38.2 Å². The number of benzene rings is 1. The average Bonchev–Trinajstić information content (AvgIpc) is 3.48. The van der Waals surface area contributed by atoms with E-state index < -0.39 is 6.04 Å². The SMILES string of the molecule is CNc1nc(N[C@H](CC2CCCCC2)C(=O)N[C@@H]2CCCc3cc(C#N)ccc32)cc(-n2cccc2)n1. The molecule has 192 valence electrons. The molecule has 3 N–H and O–H groups in total. The van der Waals surface area contributed by atoms with Crippen LogP contribution in [0.25, 0.3) is 5.82 Å². The van der Waals surface area contributed by atoms with E-state index in [0.29, 0.717) is 23.2 Å². The first-order chi connectivity index (χ1) is 18.1. The second-order valence-corrected chi connectivity index (χ2v) is 10.2. The van der Waals surface area contributed by atoms with Crippen molar-refractivity contribution in [1.29, 1.82) is 5.26 Å². The fraction of sp³-hybridized carbons (Fsp3) is 0.448. The summed E-state index contributed by atoms with van der Waals surface area (Å²) in [6.45, 7) is 0. The molecule has 0 aliphatic heterocycles. The molecular weight excluding hydrogens is 462 g/mol. The zero-order chi connectivity index (χ0) is 25.6.